The zero-order chi connectivity index (χ0) is 10.0. The Bertz CT molecular complexity index is 287. The molecule has 0 saturated carbocycles. The quantitative estimate of drug-likeness (QED) is 0.838. The van der Waals surface area contributed by atoms with E-state index in [1.807, 2.05) is 6.92 Å². The molecule has 1 nitrogen and oxygen atoms in total. The summed E-state index contributed by atoms with van der Waals surface area (Å²) in [6.07, 6.45) is 0.662. The van der Waals surface area contributed by atoms with Crippen molar-refractivity contribution in [1.82, 2.24) is 0 Å². The van der Waals surface area contributed by atoms with Crippen LogP contribution in [0.2, 0.25) is 15.1 Å². The Hall–Kier alpha value is 0.0500. The van der Waals surface area contributed by atoms with Crippen LogP contribution >= 0.6 is 34.8 Å². The van der Waals surface area contributed by atoms with E-state index in [1.54, 1.807) is 12.1 Å². The second-order valence-electron chi connectivity index (χ2n) is 3.03. The van der Waals surface area contributed by atoms with E-state index >= 15 is 0 Å². The van der Waals surface area contributed by atoms with Gasteiger partial charge < -0.3 is 5.73 Å². The molecule has 0 heterocycles. The van der Waals surface area contributed by atoms with E-state index in [1.165, 1.54) is 0 Å². The van der Waals surface area contributed by atoms with Gasteiger partial charge >= 0.3 is 0 Å². The molecule has 0 aliphatic rings. The van der Waals surface area contributed by atoms with Crippen molar-refractivity contribution >= 4 is 34.8 Å². The molecule has 13 heavy (non-hydrogen) atoms. The number of hydrogen-bond acceptors (Lipinski definition) is 1. The first-order valence-corrected chi connectivity index (χ1v) is 5.03. The van der Waals surface area contributed by atoms with Gasteiger partial charge in [0, 0.05) is 21.1 Å². The molecule has 4 heteroatoms. The van der Waals surface area contributed by atoms with Crippen LogP contribution in [0.5, 0.6) is 0 Å². The van der Waals surface area contributed by atoms with Crippen LogP contribution in [-0.4, -0.2) is 6.04 Å². The molecule has 1 aromatic rings. The first-order chi connectivity index (χ1) is 6.00. The SMILES string of the molecule is C[C@H](N)Cc1c(Cl)cc(Cl)cc1Cl. The average molecular weight is 239 g/mol. The van der Waals surface area contributed by atoms with E-state index in [4.69, 9.17) is 40.5 Å². The Morgan fingerprint density at radius 2 is 1.69 bits per heavy atom. The molecule has 1 aromatic carbocycles. The number of nitrogens with two attached hydrogens (primary N) is 1. The third-order valence-corrected chi connectivity index (χ3v) is 2.52. The Morgan fingerprint density at radius 1 is 1.23 bits per heavy atom. The number of hydrogen-bond donors (Lipinski definition) is 1. The van der Waals surface area contributed by atoms with Crippen molar-refractivity contribution in [3.63, 3.8) is 0 Å². The van der Waals surface area contributed by atoms with Gasteiger partial charge in [-0.05, 0) is 31.0 Å². The summed E-state index contributed by atoms with van der Waals surface area (Å²) < 4.78 is 0. The number of benzene rings is 1. The maximum atomic E-state index is 5.95. The Balaban J connectivity index is 3.06. The third kappa shape index (κ3) is 3.03. The van der Waals surface area contributed by atoms with Crippen molar-refractivity contribution in [3.05, 3.63) is 32.8 Å². The highest BCUT2D eigenvalue weighted by Crippen LogP contribution is 2.29. The third-order valence-electron chi connectivity index (χ3n) is 1.63. The number of halogens is 3. The second kappa shape index (κ2) is 4.52. The fraction of sp³-hybridized carbons (Fsp3) is 0.333. The van der Waals surface area contributed by atoms with Gasteiger partial charge in [0.1, 0.15) is 0 Å². The topological polar surface area (TPSA) is 26.0 Å². The maximum absolute atomic E-state index is 5.95. The van der Waals surface area contributed by atoms with Crippen molar-refractivity contribution < 1.29 is 0 Å². The molecule has 0 unspecified atom stereocenters. The van der Waals surface area contributed by atoms with Crippen LogP contribution in [0, 0.1) is 0 Å². The lowest BCUT2D eigenvalue weighted by Gasteiger charge is -2.09. The summed E-state index contributed by atoms with van der Waals surface area (Å²) in [6, 6.07) is 3.38. The van der Waals surface area contributed by atoms with Crippen molar-refractivity contribution in [2.75, 3.05) is 0 Å². The molecule has 0 fully saturated rings. The molecular weight excluding hydrogens is 228 g/mol. The molecule has 0 bridgehead atoms. The van der Waals surface area contributed by atoms with E-state index in [9.17, 15) is 0 Å². The van der Waals surface area contributed by atoms with Crippen molar-refractivity contribution in [3.8, 4) is 0 Å². The van der Waals surface area contributed by atoms with Gasteiger partial charge in [0.25, 0.3) is 0 Å². The predicted molar refractivity (Wildman–Crippen MR) is 58.8 cm³/mol. The number of rotatable bonds is 2. The molecule has 0 aromatic heterocycles. The Kier molecular flexibility index (Phi) is 3.87. The fourth-order valence-electron chi connectivity index (χ4n) is 1.09. The van der Waals surface area contributed by atoms with Crippen molar-refractivity contribution in [2.24, 2.45) is 5.73 Å². The minimum Gasteiger partial charge on any atom is -0.328 e. The zero-order valence-electron chi connectivity index (χ0n) is 7.15. The molecule has 1 rings (SSSR count). The van der Waals surface area contributed by atoms with Gasteiger partial charge in [-0.25, -0.2) is 0 Å². The van der Waals surface area contributed by atoms with Gasteiger partial charge in [0.2, 0.25) is 0 Å². The summed E-state index contributed by atoms with van der Waals surface area (Å²) in [7, 11) is 0. The molecule has 0 saturated heterocycles. The molecule has 0 aliphatic heterocycles. The van der Waals surface area contributed by atoms with Gasteiger partial charge in [0.15, 0.2) is 0 Å². The highest BCUT2D eigenvalue weighted by molar-refractivity contribution is 6.39. The fourth-order valence-corrected chi connectivity index (χ4v) is 2.06. The van der Waals surface area contributed by atoms with Crippen molar-refractivity contribution in [2.45, 2.75) is 19.4 Å². The van der Waals surface area contributed by atoms with Crippen LogP contribution in [0.25, 0.3) is 0 Å². The highest BCUT2D eigenvalue weighted by atomic mass is 35.5. The summed E-state index contributed by atoms with van der Waals surface area (Å²) in [5.41, 5.74) is 6.51. The van der Waals surface area contributed by atoms with Gasteiger partial charge in [0.05, 0.1) is 0 Å². The predicted octanol–water partition coefficient (Wildman–Crippen LogP) is 3.54. The summed E-state index contributed by atoms with van der Waals surface area (Å²) >= 11 is 17.7. The highest BCUT2D eigenvalue weighted by Gasteiger charge is 2.09. The Labute approximate surface area is 92.8 Å². The molecule has 0 aliphatic carbocycles. The molecular formula is C9H10Cl3N. The first-order valence-electron chi connectivity index (χ1n) is 3.89. The van der Waals surface area contributed by atoms with E-state index in [0.717, 1.165) is 5.56 Å². The van der Waals surface area contributed by atoms with Crippen LogP contribution in [0.4, 0.5) is 0 Å². The minimum absolute atomic E-state index is 0.0381. The monoisotopic (exact) mass is 237 g/mol. The van der Waals surface area contributed by atoms with Crippen LogP contribution in [0.15, 0.2) is 12.1 Å². The minimum atomic E-state index is 0.0381. The van der Waals surface area contributed by atoms with Crippen LogP contribution < -0.4 is 5.73 Å². The van der Waals surface area contributed by atoms with E-state index < -0.39 is 0 Å². The van der Waals surface area contributed by atoms with Gasteiger partial charge in [-0.3, -0.25) is 0 Å². The maximum Gasteiger partial charge on any atom is 0.0468 e. The van der Waals surface area contributed by atoms with E-state index in [0.29, 0.717) is 21.5 Å². The van der Waals surface area contributed by atoms with Crippen molar-refractivity contribution in [1.29, 1.82) is 0 Å². The van der Waals surface area contributed by atoms with Gasteiger partial charge in [-0.15, -0.1) is 0 Å². The van der Waals surface area contributed by atoms with Crippen LogP contribution in [-0.2, 0) is 6.42 Å². The normalized spacial score (nSPS) is 13.0. The molecule has 1 atom stereocenters. The summed E-state index contributed by atoms with van der Waals surface area (Å²) in [6.45, 7) is 1.90. The summed E-state index contributed by atoms with van der Waals surface area (Å²) in [5.74, 6) is 0. The zero-order valence-corrected chi connectivity index (χ0v) is 9.42. The largest absolute Gasteiger partial charge is 0.328 e. The average Bonchev–Trinajstić information content (AvgIpc) is 1.96. The summed E-state index contributed by atoms with van der Waals surface area (Å²) in [4.78, 5) is 0. The van der Waals surface area contributed by atoms with Gasteiger partial charge in [-0.2, -0.15) is 0 Å². The molecule has 0 radical (unpaired) electrons. The standard InChI is InChI=1S/C9H10Cl3N/c1-5(13)2-7-8(11)3-6(10)4-9(7)12/h3-5H,2,13H2,1H3/t5-/m0/s1. The first kappa shape index (κ1) is 11.1. The molecule has 0 amide bonds. The summed E-state index contributed by atoms with van der Waals surface area (Å²) in [5, 5.41) is 1.70. The Morgan fingerprint density at radius 3 is 2.08 bits per heavy atom. The lowest BCUT2D eigenvalue weighted by atomic mass is 10.1. The lowest BCUT2D eigenvalue weighted by Crippen LogP contribution is -2.18. The molecule has 72 valence electrons. The van der Waals surface area contributed by atoms with Crippen LogP contribution in [0.1, 0.15) is 12.5 Å². The molecule has 0 spiro atoms. The van der Waals surface area contributed by atoms with E-state index in [2.05, 4.69) is 0 Å². The lowest BCUT2D eigenvalue weighted by molar-refractivity contribution is 0.738. The van der Waals surface area contributed by atoms with Crippen LogP contribution in [0.3, 0.4) is 0 Å². The van der Waals surface area contributed by atoms with E-state index in [-0.39, 0.29) is 6.04 Å². The molecule has 2 N–H and O–H groups in total. The second-order valence-corrected chi connectivity index (χ2v) is 4.28. The smallest absolute Gasteiger partial charge is 0.0468 e. The van der Waals surface area contributed by atoms with Gasteiger partial charge in [-0.1, -0.05) is 34.8 Å².